The van der Waals surface area contributed by atoms with Crippen LogP contribution >= 0.6 is 0 Å². The zero-order chi connectivity index (χ0) is 25.3. The Labute approximate surface area is 205 Å². The van der Waals surface area contributed by atoms with Gasteiger partial charge < -0.3 is 20.1 Å². The van der Waals surface area contributed by atoms with Crippen molar-refractivity contribution in [1.82, 2.24) is 13.7 Å². The third-order valence-electron chi connectivity index (χ3n) is 6.98. The Bertz CT molecular complexity index is 1810. The first-order valence-electron chi connectivity index (χ1n) is 11.6. The molecule has 1 aliphatic rings. The molecule has 0 saturated heterocycles. The quantitative estimate of drug-likeness (QED) is 0.355. The first-order chi connectivity index (χ1) is 17.3. The van der Waals surface area contributed by atoms with E-state index in [1.54, 1.807) is 13.1 Å². The Morgan fingerprint density at radius 3 is 2.33 bits per heavy atom. The van der Waals surface area contributed by atoms with Crippen LogP contribution in [0.2, 0.25) is 0 Å². The van der Waals surface area contributed by atoms with E-state index in [1.807, 2.05) is 60.0 Å². The van der Waals surface area contributed by atoms with Gasteiger partial charge in [0.15, 0.2) is 0 Å². The minimum absolute atomic E-state index is 0.0608. The maximum atomic E-state index is 13.7. The molecule has 0 aliphatic carbocycles. The van der Waals surface area contributed by atoms with Crippen molar-refractivity contribution in [2.45, 2.75) is 13.0 Å². The van der Waals surface area contributed by atoms with Gasteiger partial charge >= 0.3 is 5.69 Å². The third kappa shape index (κ3) is 2.94. The van der Waals surface area contributed by atoms with E-state index in [1.165, 1.54) is 23.7 Å². The predicted octanol–water partition coefficient (Wildman–Crippen LogP) is 3.93. The van der Waals surface area contributed by atoms with E-state index >= 15 is 0 Å². The largest absolute Gasteiger partial charge is 0.508 e. The number of phenols is 2. The molecule has 0 amide bonds. The van der Waals surface area contributed by atoms with Crippen LogP contribution in [0.4, 0.5) is 5.69 Å². The normalized spacial score (nSPS) is 14.4. The van der Waals surface area contributed by atoms with Crippen molar-refractivity contribution in [3.8, 4) is 28.4 Å². The SMILES string of the molecule is Cc1ccc(-c2c3c(=O)n(C)c(=O)n(C)c3c3n2-c2ccccc2N[C@@H]3c2ccc(O)cc2O)cc1. The highest BCUT2D eigenvalue weighted by atomic mass is 16.3. The molecule has 8 nitrogen and oxygen atoms in total. The molecule has 0 radical (unpaired) electrons. The molecule has 0 unspecified atom stereocenters. The Hall–Kier alpha value is -4.72. The molecular weight excluding hydrogens is 456 g/mol. The van der Waals surface area contributed by atoms with Crippen LogP contribution in [0, 0.1) is 6.92 Å². The van der Waals surface area contributed by atoms with E-state index in [4.69, 9.17) is 0 Å². The molecule has 1 atom stereocenters. The molecule has 3 N–H and O–H groups in total. The number of aromatic hydroxyl groups is 2. The third-order valence-corrected chi connectivity index (χ3v) is 6.98. The average molecular weight is 481 g/mol. The van der Waals surface area contributed by atoms with E-state index in [9.17, 15) is 19.8 Å². The number of hydrogen-bond donors (Lipinski definition) is 3. The summed E-state index contributed by atoms with van der Waals surface area (Å²) in [6.45, 7) is 2.00. The number of phenolic OH excluding ortho intramolecular Hbond substituents is 2. The van der Waals surface area contributed by atoms with Crippen LogP contribution in [0.25, 0.3) is 27.8 Å². The van der Waals surface area contributed by atoms with Gasteiger partial charge in [0.05, 0.1) is 39.7 Å². The van der Waals surface area contributed by atoms with E-state index in [0.29, 0.717) is 27.9 Å². The number of benzene rings is 3. The Morgan fingerprint density at radius 1 is 0.889 bits per heavy atom. The van der Waals surface area contributed by atoms with Gasteiger partial charge in [0.2, 0.25) is 0 Å². The van der Waals surface area contributed by atoms with Gasteiger partial charge in [-0.3, -0.25) is 13.9 Å². The number of aromatic nitrogens is 3. The zero-order valence-corrected chi connectivity index (χ0v) is 20.0. The van der Waals surface area contributed by atoms with Crippen LogP contribution in [0.1, 0.15) is 22.9 Å². The molecule has 0 bridgehead atoms. The monoisotopic (exact) mass is 480 g/mol. The summed E-state index contributed by atoms with van der Waals surface area (Å²) < 4.78 is 4.62. The van der Waals surface area contributed by atoms with E-state index < -0.39 is 17.3 Å². The average Bonchev–Trinajstić information content (AvgIpc) is 3.23. The van der Waals surface area contributed by atoms with Gasteiger partial charge in [-0.1, -0.05) is 42.0 Å². The molecule has 180 valence electrons. The summed E-state index contributed by atoms with van der Waals surface area (Å²) in [5.41, 5.74) is 5.03. The minimum atomic E-state index is -0.611. The first-order valence-corrected chi connectivity index (χ1v) is 11.6. The first kappa shape index (κ1) is 21.8. The topological polar surface area (TPSA) is 101 Å². The highest BCUT2D eigenvalue weighted by molar-refractivity contribution is 5.99. The van der Waals surface area contributed by atoms with Crippen molar-refractivity contribution in [3.05, 3.63) is 104 Å². The number of aryl methyl sites for hydroxylation is 2. The van der Waals surface area contributed by atoms with Gasteiger partial charge in [-0.15, -0.1) is 0 Å². The highest BCUT2D eigenvalue weighted by Crippen LogP contribution is 2.47. The Balaban J connectivity index is 1.86. The number of fused-ring (bicyclic) bond motifs is 5. The number of nitrogens with one attached hydrogen (secondary N) is 1. The molecule has 0 fully saturated rings. The van der Waals surface area contributed by atoms with Gasteiger partial charge in [0.25, 0.3) is 5.56 Å². The molecule has 2 aromatic heterocycles. The van der Waals surface area contributed by atoms with Crippen LogP contribution in [0.3, 0.4) is 0 Å². The molecule has 1 aliphatic heterocycles. The van der Waals surface area contributed by atoms with Crippen LogP contribution in [-0.4, -0.2) is 23.9 Å². The second-order valence-electron chi connectivity index (χ2n) is 9.20. The lowest BCUT2D eigenvalue weighted by Gasteiger charge is -2.31. The van der Waals surface area contributed by atoms with E-state index in [2.05, 4.69) is 5.32 Å². The fourth-order valence-electron chi connectivity index (χ4n) is 5.21. The lowest BCUT2D eigenvalue weighted by Crippen LogP contribution is -2.37. The van der Waals surface area contributed by atoms with Crippen LogP contribution < -0.4 is 16.6 Å². The second-order valence-corrected chi connectivity index (χ2v) is 9.20. The summed E-state index contributed by atoms with van der Waals surface area (Å²) in [6.07, 6.45) is 0. The van der Waals surface area contributed by atoms with Crippen LogP contribution in [0.5, 0.6) is 11.5 Å². The molecular formula is C28H24N4O4. The fourth-order valence-corrected chi connectivity index (χ4v) is 5.21. The summed E-state index contributed by atoms with van der Waals surface area (Å²) >= 11 is 0. The van der Waals surface area contributed by atoms with Crippen molar-refractivity contribution in [1.29, 1.82) is 0 Å². The molecule has 0 spiro atoms. The summed E-state index contributed by atoms with van der Waals surface area (Å²) in [7, 11) is 3.13. The Morgan fingerprint density at radius 2 is 1.61 bits per heavy atom. The van der Waals surface area contributed by atoms with Crippen molar-refractivity contribution >= 4 is 16.6 Å². The number of anilines is 1. The second kappa shape index (κ2) is 7.64. The minimum Gasteiger partial charge on any atom is -0.508 e. The smallest absolute Gasteiger partial charge is 0.331 e. The molecule has 36 heavy (non-hydrogen) atoms. The highest BCUT2D eigenvalue weighted by Gasteiger charge is 2.35. The summed E-state index contributed by atoms with van der Waals surface area (Å²) in [5.74, 6) is -0.159. The lowest BCUT2D eigenvalue weighted by molar-refractivity contribution is 0.444. The Kier molecular flexibility index (Phi) is 4.63. The van der Waals surface area contributed by atoms with Gasteiger partial charge in [0.1, 0.15) is 11.5 Å². The molecule has 3 heterocycles. The van der Waals surface area contributed by atoms with E-state index in [-0.39, 0.29) is 11.5 Å². The van der Waals surface area contributed by atoms with Crippen LogP contribution in [-0.2, 0) is 14.1 Å². The van der Waals surface area contributed by atoms with Crippen molar-refractivity contribution in [3.63, 3.8) is 0 Å². The number of para-hydroxylation sites is 2. The van der Waals surface area contributed by atoms with Crippen LogP contribution in [0.15, 0.2) is 76.3 Å². The molecule has 3 aromatic carbocycles. The van der Waals surface area contributed by atoms with Crippen molar-refractivity contribution in [2.75, 3.05) is 5.32 Å². The number of nitrogens with zero attached hydrogens (tertiary/aromatic N) is 3. The standard InChI is InChI=1S/C28H24N4O4/c1-15-8-10-16(11-9-15)24-22-25(30(2)28(36)31(3)27(22)35)26-23(18-13-12-17(33)14-21(18)34)29-19-6-4-5-7-20(19)32(24)26/h4-14,23,29,33-34H,1-3H3/t23-/m1/s1. The molecule has 8 heteroatoms. The maximum Gasteiger partial charge on any atom is 0.331 e. The van der Waals surface area contributed by atoms with Gasteiger partial charge in [-0.2, -0.15) is 0 Å². The van der Waals surface area contributed by atoms with E-state index in [0.717, 1.165) is 27.1 Å². The number of rotatable bonds is 2. The predicted molar refractivity (Wildman–Crippen MR) is 139 cm³/mol. The lowest BCUT2D eigenvalue weighted by atomic mass is 9.98. The maximum absolute atomic E-state index is 13.7. The van der Waals surface area contributed by atoms with Gasteiger partial charge in [-0.25, -0.2) is 4.79 Å². The molecule has 5 aromatic rings. The zero-order valence-electron chi connectivity index (χ0n) is 20.0. The fraction of sp³-hybridized carbons (Fsp3) is 0.143. The van der Waals surface area contributed by atoms with Crippen molar-refractivity contribution < 1.29 is 10.2 Å². The van der Waals surface area contributed by atoms with Gasteiger partial charge in [-0.05, 0) is 36.8 Å². The summed E-state index contributed by atoms with van der Waals surface area (Å²) in [5, 5.41) is 24.6. The number of hydrogen-bond acceptors (Lipinski definition) is 5. The summed E-state index contributed by atoms with van der Waals surface area (Å²) in [6, 6.07) is 19.5. The van der Waals surface area contributed by atoms with Crippen molar-refractivity contribution in [2.24, 2.45) is 14.1 Å². The molecule has 6 rings (SSSR count). The summed E-state index contributed by atoms with van der Waals surface area (Å²) in [4.78, 5) is 26.8. The molecule has 0 saturated carbocycles. The van der Waals surface area contributed by atoms with Gasteiger partial charge in [0, 0.05) is 25.7 Å².